The van der Waals surface area contributed by atoms with Crippen molar-refractivity contribution in [2.45, 2.75) is 38.8 Å². The van der Waals surface area contributed by atoms with Crippen molar-refractivity contribution < 1.29 is 9.18 Å². The van der Waals surface area contributed by atoms with Gasteiger partial charge in [0.2, 0.25) is 5.91 Å². The number of aromatic amines is 1. The van der Waals surface area contributed by atoms with Crippen LogP contribution in [0, 0.1) is 11.7 Å². The van der Waals surface area contributed by atoms with Gasteiger partial charge < -0.3 is 4.90 Å². The summed E-state index contributed by atoms with van der Waals surface area (Å²) in [6, 6.07) is 4.58. The Balaban J connectivity index is 1.75. The second kappa shape index (κ2) is 6.23. The molecule has 122 valence electrons. The average molecular weight is 338 g/mol. The van der Waals surface area contributed by atoms with Crippen molar-refractivity contribution in [1.29, 1.82) is 0 Å². The molecule has 0 radical (unpaired) electrons. The summed E-state index contributed by atoms with van der Waals surface area (Å²) in [7, 11) is 0. The first kappa shape index (κ1) is 15.9. The molecule has 1 aromatic heterocycles. The van der Waals surface area contributed by atoms with Crippen molar-refractivity contribution in [1.82, 2.24) is 25.5 Å². The first-order valence-electron chi connectivity index (χ1n) is 7.45. The third kappa shape index (κ3) is 3.19. The number of tetrazole rings is 1. The molecule has 2 aromatic rings. The quantitative estimate of drug-likeness (QED) is 0.909. The maximum Gasteiger partial charge on any atom is 0.226 e. The van der Waals surface area contributed by atoms with Crippen molar-refractivity contribution in [3.63, 3.8) is 0 Å². The van der Waals surface area contributed by atoms with Gasteiger partial charge in [0.05, 0.1) is 6.54 Å². The fraction of sp³-hybridized carbons (Fsp3) is 0.467. The Morgan fingerprint density at radius 3 is 2.91 bits per heavy atom. The molecular formula is C15H17ClFN5O. The van der Waals surface area contributed by atoms with E-state index in [1.807, 2.05) is 13.8 Å². The highest BCUT2D eigenvalue weighted by molar-refractivity contribution is 6.31. The largest absolute Gasteiger partial charge is 0.332 e. The molecule has 0 spiro atoms. The lowest BCUT2D eigenvalue weighted by molar-refractivity contribution is -0.135. The number of benzene rings is 1. The number of H-pyrrole nitrogens is 1. The normalized spacial score (nSPS) is 19.9. The number of hydrogen-bond acceptors (Lipinski definition) is 4. The van der Waals surface area contributed by atoms with E-state index in [1.165, 1.54) is 6.07 Å². The third-order valence-electron chi connectivity index (χ3n) is 4.09. The summed E-state index contributed by atoms with van der Waals surface area (Å²) in [5, 5.41) is 14.0. The van der Waals surface area contributed by atoms with E-state index >= 15 is 0 Å². The van der Waals surface area contributed by atoms with Crippen LogP contribution in [0.5, 0.6) is 0 Å². The maximum atomic E-state index is 14.0. The predicted octanol–water partition coefficient (Wildman–Crippen LogP) is 2.53. The Hall–Kier alpha value is -2.02. The molecule has 1 aliphatic rings. The van der Waals surface area contributed by atoms with Gasteiger partial charge in [-0.2, -0.15) is 5.21 Å². The Labute approximate surface area is 138 Å². The molecular weight excluding hydrogens is 321 g/mol. The molecule has 1 N–H and O–H groups in total. The van der Waals surface area contributed by atoms with Crippen LogP contribution in [0.4, 0.5) is 4.39 Å². The van der Waals surface area contributed by atoms with Crippen molar-refractivity contribution in [3.05, 3.63) is 40.4 Å². The summed E-state index contributed by atoms with van der Waals surface area (Å²) in [4.78, 5) is 14.4. The van der Waals surface area contributed by atoms with E-state index in [9.17, 15) is 9.18 Å². The van der Waals surface area contributed by atoms with Crippen LogP contribution in [0.3, 0.4) is 0 Å². The summed E-state index contributed by atoms with van der Waals surface area (Å²) in [5.41, 5.74) is 0.441. The highest BCUT2D eigenvalue weighted by Crippen LogP contribution is 2.51. The van der Waals surface area contributed by atoms with E-state index in [1.54, 1.807) is 17.0 Å². The molecule has 0 bridgehead atoms. The number of halogens is 2. The van der Waals surface area contributed by atoms with Gasteiger partial charge in [0, 0.05) is 28.5 Å². The number of carbonyl (C=O) groups is 1. The molecule has 0 saturated heterocycles. The fourth-order valence-corrected chi connectivity index (χ4v) is 3.08. The maximum absolute atomic E-state index is 14.0. The average Bonchev–Trinajstić information content (AvgIpc) is 3.09. The monoisotopic (exact) mass is 337 g/mol. The summed E-state index contributed by atoms with van der Waals surface area (Å²) < 4.78 is 14.0. The van der Waals surface area contributed by atoms with Gasteiger partial charge in [-0.1, -0.05) is 22.9 Å². The zero-order chi connectivity index (χ0) is 16.6. The zero-order valence-corrected chi connectivity index (χ0v) is 13.6. The highest BCUT2D eigenvalue weighted by atomic mass is 35.5. The Morgan fingerprint density at radius 1 is 1.52 bits per heavy atom. The van der Waals surface area contributed by atoms with Crippen molar-refractivity contribution in [2.24, 2.45) is 5.92 Å². The van der Waals surface area contributed by atoms with Crippen LogP contribution in [-0.2, 0) is 11.3 Å². The third-order valence-corrected chi connectivity index (χ3v) is 4.42. The van der Waals surface area contributed by atoms with Gasteiger partial charge in [0.1, 0.15) is 5.82 Å². The molecule has 0 unspecified atom stereocenters. The summed E-state index contributed by atoms with van der Waals surface area (Å²) in [6.07, 6.45) is 0.606. The molecule has 3 rings (SSSR count). The van der Waals surface area contributed by atoms with Gasteiger partial charge in [-0.3, -0.25) is 4.79 Å². The lowest BCUT2D eigenvalue weighted by Crippen LogP contribution is -2.38. The summed E-state index contributed by atoms with van der Waals surface area (Å²) in [5.74, 6) is -0.351. The zero-order valence-electron chi connectivity index (χ0n) is 12.8. The first-order valence-corrected chi connectivity index (χ1v) is 7.83. The van der Waals surface area contributed by atoms with Crippen LogP contribution in [0.1, 0.15) is 37.6 Å². The number of nitrogens with zero attached hydrogens (tertiary/aromatic N) is 4. The van der Waals surface area contributed by atoms with E-state index in [0.717, 1.165) is 0 Å². The lowest BCUT2D eigenvalue weighted by atomic mass is 10.1. The van der Waals surface area contributed by atoms with Crippen molar-refractivity contribution in [2.75, 3.05) is 0 Å². The molecule has 8 heteroatoms. The second-order valence-electron chi connectivity index (χ2n) is 5.97. The molecule has 2 atom stereocenters. The second-order valence-corrected chi connectivity index (χ2v) is 6.38. The van der Waals surface area contributed by atoms with Gasteiger partial charge in [0.15, 0.2) is 5.82 Å². The molecule has 23 heavy (non-hydrogen) atoms. The molecule has 1 fully saturated rings. The molecule has 1 saturated carbocycles. The number of rotatable bonds is 5. The fourth-order valence-electron chi connectivity index (χ4n) is 2.78. The van der Waals surface area contributed by atoms with Crippen LogP contribution in [0.25, 0.3) is 0 Å². The van der Waals surface area contributed by atoms with E-state index in [0.29, 0.717) is 22.8 Å². The predicted molar refractivity (Wildman–Crippen MR) is 82.1 cm³/mol. The van der Waals surface area contributed by atoms with Crippen LogP contribution < -0.4 is 0 Å². The number of hydrogen-bond donors (Lipinski definition) is 1. The van der Waals surface area contributed by atoms with E-state index in [4.69, 9.17) is 11.6 Å². The number of carbonyl (C=O) groups excluding carboxylic acids is 1. The Morgan fingerprint density at radius 2 is 2.30 bits per heavy atom. The van der Waals surface area contributed by atoms with Gasteiger partial charge >= 0.3 is 0 Å². The Bertz CT molecular complexity index is 686. The minimum Gasteiger partial charge on any atom is -0.332 e. The topological polar surface area (TPSA) is 74.8 Å². The summed E-state index contributed by atoms with van der Waals surface area (Å²) >= 11 is 6.09. The van der Waals surface area contributed by atoms with Gasteiger partial charge in [-0.05, 0) is 32.4 Å². The van der Waals surface area contributed by atoms with E-state index in [2.05, 4.69) is 20.6 Å². The lowest BCUT2D eigenvalue weighted by Gasteiger charge is -2.25. The first-order chi connectivity index (χ1) is 11.0. The van der Waals surface area contributed by atoms with Gasteiger partial charge in [-0.25, -0.2) is 4.39 Å². The molecule has 0 aliphatic heterocycles. The van der Waals surface area contributed by atoms with E-state index < -0.39 is 0 Å². The van der Waals surface area contributed by atoms with Gasteiger partial charge in [-0.15, -0.1) is 10.2 Å². The van der Waals surface area contributed by atoms with Crippen molar-refractivity contribution in [3.8, 4) is 0 Å². The molecule has 1 aromatic carbocycles. The van der Waals surface area contributed by atoms with Crippen LogP contribution in [0.15, 0.2) is 18.2 Å². The van der Waals surface area contributed by atoms with Crippen LogP contribution in [-0.4, -0.2) is 37.5 Å². The highest BCUT2D eigenvalue weighted by Gasteiger charge is 2.48. The number of amides is 1. The molecule has 6 nitrogen and oxygen atoms in total. The molecule has 1 aliphatic carbocycles. The minimum atomic E-state index is -0.355. The summed E-state index contributed by atoms with van der Waals surface area (Å²) in [6.45, 7) is 4.12. The Kier molecular flexibility index (Phi) is 4.30. The molecule has 1 amide bonds. The number of aromatic nitrogens is 4. The minimum absolute atomic E-state index is 0.0154. The number of nitrogens with one attached hydrogen (secondary N) is 1. The standard InChI is InChI=1S/C15H17ClFN5O/c1-8(2)22(7-13-18-20-21-19-13)15(23)10-6-9(10)14-11(16)4-3-5-12(14)17/h3-5,8-10H,6-7H2,1-2H3,(H,18,19,20,21)/t9-,10-/m1/s1. The van der Waals surface area contributed by atoms with Crippen LogP contribution >= 0.6 is 11.6 Å². The van der Waals surface area contributed by atoms with Crippen LogP contribution in [0.2, 0.25) is 5.02 Å². The van der Waals surface area contributed by atoms with Gasteiger partial charge in [0.25, 0.3) is 0 Å². The SMILES string of the molecule is CC(C)N(Cc1nn[nH]n1)C(=O)[C@@H]1C[C@H]1c1c(F)cccc1Cl. The van der Waals surface area contributed by atoms with E-state index in [-0.39, 0.29) is 36.1 Å². The smallest absolute Gasteiger partial charge is 0.226 e. The molecule has 1 heterocycles. The van der Waals surface area contributed by atoms with Crippen molar-refractivity contribution >= 4 is 17.5 Å².